The Morgan fingerprint density at radius 1 is 1.20 bits per heavy atom. The van der Waals surface area contributed by atoms with Gasteiger partial charge in [-0.15, -0.1) is 11.3 Å². The molecule has 2 atom stereocenters. The number of carbonyl (C=O) groups is 2. The molecule has 2 fully saturated rings. The predicted octanol–water partition coefficient (Wildman–Crippen LogP) is 2.83. The van der Waals surface area contributed by atoms with Crippen LogP contribution in [0, 0.1) is 0 Å². The van der Waals surface area contributed by atoms with Crippen molar-refractivity contribution in [2.24, 2.45) is 0 Å². The maximum Gasteiger partial charge on any atom is 0.250 e. The van der Waals surface area contributed by atoms with Crippen LogP contribution in [0.25, 0.3) is 10.1 Å². The summed E-state index contributed by atoms with van der Waals surface area (Å²) >= 11 is 7.12. The molecule has 0 aliphatic carbocycles. The number of rotatable bonds is 5. The number of carbonyl (C=O) groups excluding carboxylic acids is 2. The fourth-order valence-corrected chi connectivity index (χ4v) is 6.87. The molecule has 3 heterocycles. The number of nitrogens with zero attached hydrogens (tertiary/aromatic N) is 2. The van der Waals surface area contributed by atoms with Gasteiger partial charge in [-0.25, -0.2) is 8.42 Å². The van der Waals surface area contributed by atoms with Crippen LogP contribution in [-0.2, 0) is 19.6 Å². The molecule has 162 valence electrons. The topological polar surface area (TPSA) is 86.8 Å². The third-order valence-corrected chi connectivity index (χ3v) is 9.05. The third-order valence-electron chi connectivity index (χ3n) is 5.75. The number of likely N-dealkylation sites (tertiary alicyclic amines) is 2. The fourth-order valence-electron chi connectivity index (χ4n) is 4.08. The van der Waals surface area contributed by atoms with Crippen LogP contribution in [0.2, 0.25) is 5.02 Å². The normalized spacial score (nSPS) is 21.4. The molecule has 30 heavy (non-hydrogen) atoms. The van der Waals surface area contributed by atoms with E-state index >= 15 is 0 Å². The van der Waals surface area contributed by atoms with Gasteiger partial charge in [-0.2, -0.15) is 4.72 Å². The molecule has 0 saturated carbocycles. The SMILES string of the molecule is C[C@H](C(=O)N1CCCCC1)N1CC[C@@H](NS(=O)(=O)c2cc3cc(Cl)ccc3s2)C1=O. The minimum atomic E-state index is -3.86. The van der Waals surface area contributed by atoms with E-state index in [0.717, 1.165) is 53.8 Å². The number of fused-ring (bicyclic) bond motifs is 1. The van der Waals surface area contributed by atoms with Crippen molar-refractivity contribution in [3.8, 4) is 0 Å². The van der Waals surface area contributed by atoms with E-state index in [1.165, 1.54) is 4.90 Å². The van der Waals surface area contributed by atoms with Crippen molar-refractivity contribution in [2.75, 3.05) is 19.6 Å². The van der Waals surface area contributed by atoms with Gasteiger partial charge in [0.2, 0.25) is 11.8 Å². The molecule has 0 radical (unpaired) electrons. The van der Waals surface area contributed by atoms with Crippen LogP contribution in [0.15, 0.2) is 28.5 Å². The summed E-state index contributed by atoms with van der Waals surface area (Å²) in [5.74, 6) is -0.409. The minimum Gasteiger partial charge on any atom is -0.341 e. The maximum absolute atomic E-state index is 12.9. The first-order chi connectivity index (χ1) is 14.3. The monoisotopic (exact) mass is 469 g/mol. The second-order valence-corrected chi connectivity index (χ2v) is 11.3. The molecule has 7 nitrogen and oxygen atoms in total. The Morgan fingerprint density at radius 3 is 2.67 bits per heavy atom. The lowest BCUT2D eigenvalue weighted by Gasteiger charge is -2.32. The Labute approximate surface area is 185 Å². The minimum absolute atomic E-state index is 0.0621. The molecule has 2 amide bonds. The number of amides is 2. The number of piperidine rings is 1. The highest BCUT2D eigenvalue weighted by Gasteiger charge is 2.40. The lowest BCUT2D eigenvalue weighted by molar-refractivity contribution is -0.143. The molecule has 0 spiro atoms. The zero-order valence-electron chi connectivity index (χ0n) is 16.6. The van der Waals surface area contributed by atoms with E-state index in [1.807, 2.05) is 0 Å². The summed E-state index contributed by atoms with van der Waals surface area (Å²) in [5.41, 5.74) is 0. The largest absolute Gasteiger partial charge is 0.341 e. The number of benzene rings is 1. The fraction of sp³-hybridized carbons (Fsp3) is 0.500. The van der Waals surface area contributed by atoms with Gasteiger partial charge in [-0.3, -0.25) is 9.59 Å². The highest BCUT2D eigenvalue weighted by Crippen LogP contribution is 2.31. The van der Waals surface area contributed by atoms with Gasteiger partial charge in [0.25, 0.3) is 10.0 Å². The Morgan fingerprint density at radius 2 is 1.93 bits per heavy atom. The zero-order valence-corrected chi connectivity index (χ0v) is 19.0. The number of hydrogen-bond donors (Lipinski definition) is 1. The Balaban J connectivity index is 1.45. The van der Waals surface area contributed by atoms with Gasteiger partial charge >= 0.3 is 0 Å². The van der Waals surface area contributed by atoms with Crippen LogP contribution in [0.1, 0.15) is 32.6 Å². The molecule has 10 heteroatoms. The van der Waals surface area contributed by atoms with Gasteiger partial charge in [0, 0.05) is 29.4 Å². The molecular formula is C20H24ClN3O4S2. The van der Waals surface area contributed by atoms with Crippen molar-refractivity contribution in [1.29, 1.82) is 0 Å². The van der Waals surface area contributed by atoms with E-state index in [-0.39, 0.29) is 16.0 Å². The van der Waals surface area contributed by atoms with Crippen molar-refractivity contribution < 1.29 is 18.0 Å². The van der Waals surface area contributed by atoms with E-state index in [9.17, 15) is 18.0 Å². The number of nitrogens with one attached hydrogen (secondary N) is 1. The first-order valence-corrected chi connectivity index (χ1v) is 12.7. The summed E-state index contributed by atoms with van der Waals surface area (Å²) in [6, 6.07) is 5.31. The summed E-state index contributed by atoms with van der Waals surface area (Å²) in [7, 11) is -3.86. The number of halogens is 1. The molecule has 0 bridgehead atoms. The van der Waals surface area contributed by atoms with Crippen LogP contribution < -0.4 is 4.72 Å². The van der Waals surface area contributed by atoms with Gasteiger partial charge in [-0.05, 0) is 62.3 Å². The van der Waals surface area contributed by atoms with E-state index in [0.29, 0.717) is 18.0 Å². The van der Waals surface area contributed by atoms with Gasteiger partial charge < -0.3 is 9.80 Å². The molecule has 2 aromatic rings. The standard InChI is InChI=1S/C20H24ClN3O4S2/c1-13(19(25)23-8-3-2-4-9-23)24-10-7-16(20(24)26)22-30(27,28)18-12-14-11-15(21)5-6-17(14)29-18/h5-6,11-13,16,22H,2-4,7-10H2,1H3/t13-,16-/m1/s1. The van der Waals surface area contributed by atoms with E-state index in [2.05, 4.69) is 4.72 Å². The molecule has 1 aromatic heterocycles. The summed E-state index contributed by atoms with van der Waals surface area (Å²) in [6.07, 6.45) is 3.42. The second-order valence-electron chi connectivity index (χ2n) is 7.80. The number of hydrogen-bond acceptors (Lipinski definition) is 5. The van der Waals surface area contributed by atoms with Gasteiger partial charge in [0.05, 0.1) is 0 Å². The molecular weight excluding hydrogens is 446 g/mol. The number of sulfonamides is 1. The molecule has 2 aliphatic rings. The Kier molecular flexibility index (Phi) is 6.07. The summed E-state index contributed by atoms with van der Waals surface area (Å²) < 4.78 is 29.2. The molecule has 0 unspecified atom stereocenters. The Bertz CT molecular complexity index is 1080. The average molecular weight is 470 g/mol. The second kappa shape index (κ2) is 8.45. The third kappa shape index (κ3) is 4.21. The molecule has 2 aliphatic heterocycles. The first kappa shape index (κ1) is 21.5. The zero-order chi connectivity index (χ0) is 21.5. The molecule has 1 N–H and O–H groups in total. The van der Waals surface area contributed by atoms with Crippen LogP contribution in [0.4, 0.5) is 0 Å². The summed E-state index contributed by atoms with van der Waals surface area (Å²) in [6.45, 7) is 3.52. The van der Waals surface area contributed by atoms with Gasteiger partial charge in [-0.1, -0.05) is 11.6 Å². The van der Waals surface area contributed by atoms with Crippen LogP contribution in [-0.4, -0.2) is 61.7 Å². The van der Waals surface area contributed by atoms with E-state index in [1.54, 1.807) is 36.1 Å². The summed E-state index contributed by atoms with van der Waals surface area (Å²) in [5, 5.41) is 1.28. The predicted molar refractivity (Wildman–Crippen MR) is 117 cm³/mol. The van der Waals surface area contributed by atoms with Crippen LogP contribution in [0.3, 0.4) is 0 Å². The summed E-state index contributed by atoms with van der Waals surface area (Å²) in [4.78, 5) is 28.9. The average Bonchev–Trinajstić information content (AvgIpc) is 3.31. The van der Waals surface area contributed by atoms with Crippen LogP contribution >= 0.6 is 22.9 Å². The van der Waals surface area contributed by atoms with E-state index < -0.39 is 22.1 Å². The lowest BCUT2D eigenvalue weighted by Crippen LogP contribution is -2.51. The van der Waals surface area contributed by atoms with Crippen LogP contribution in [0.5, 0.6) is 0 Å². The maximum atomic E-state index is 12.9. The van der Waals surface area contributed by atoms with Crippen molar-refractivity contribution in [1.82, 2.24) is 14.5 Å². The number of thiophene rings is 1. The van der Waals surface area contributed by atoms with E-state index in [4.69, 9.17) is 11.6 Å². The smallest absolute Gasteiger partial charge is 0.250 e. The quantitative estimate of drug-likeness (QED) is 0.729. The van der Waals surface area contributed by atoms with Crippen molar-refractivity contribution in [3.05, 3.63) is 29.3 Å². The lowest BCUT2D eigenvalue weighted by atomic mass is 10.1. The van der Waals surface area contributed by atoms with Crippen molar-refractivity contribution in [2.45, 2.75) is 48.9 Å². The molecule has 1 aromatic carbocycles. The highest BCUT2D eigenvalue weighted by molar-refractivity contribution is 7.91. The van der Waals surface area contributed by atoms with Crippen molar-refractivity contribution >= 4 is 54.9 Å². The molecule has 4 rings (SSSR count). The molecule has 2 saturated heterocycles. The Hall–Kier alpha value is -1.68. The van der Waals surface area contributed by atoms with Gasteiger partial charge in [0.1, 0.15) is 16.3 Å². The van der Waals surface area contributed by atoms with Gasteiger partial charge in [0.15, 0.2) is 0 Å². The van der Waals surface area contributed by atoms with Crippen molar-refractivity contribution in [3.63, 3.8) is 0 Å². The highest BCUT2D eigenvalue weighted by atomic mass is 35.5. The first-order valence-electron chi connectivity index (χ1n) is 10.1.